The molecular weight excluding hydrogens is 242 g/mol. The average molecular weight is 255 g/mol. The maximum atomic E-state index is 4.32. The third-order valence-electron chi connectivity index (χ3n) is 2.80. The van der Waals surface area contributed by atoms with Gasteiger partial charge in [-0.3, -0.25) is 0 Å². The summed E-state index contributed by atoms with van der Waals surface area (Å²) in [6.07, 6.45) is 8.44. The number of pyridine rings is 1. The van der Waals surface area contributed by atoms with E-state index in [-0.39, 0.29) is 0 Å². The minimum absolute atomic E-state index is 0.671. The summed E-state index contributed by atoms with van der Waals surface area (Å²) in [6.45, 7) is 0.671. The largest absolute Gasteiger partial charge is 0.376 e. The van der Waals surface area contributed by atoms with Crippen LogP contribution < -0.4 is 5.32 Å². The lowest BCUT2D eigenvalue weighted by molar-refractivity contribution is 0.825. The highest BCUT2D eigenvalue weighted by Crippen LogP contribution is 2.16. The van der Waals surface area contributed by atoms with Crippen molar-refractivity contribution in [1.29, 1.82) is 0 Å². The molecule has 0 saturated heterocycles. The predicted octanol–water partition coefficient (Wildman–Crippen LogP) is 1.01. The van der Waals surface area contributed by atoms with Crippen molar-refractivity contribution in [2.24, 2.45) is 7.05 Å². The molecule has 0 aliphatic carbocycles. The molecule has 96 valence electrons. The van der Waals surface area contributed by atoms with Gasteiger partial charge < -0.3 is 9.88 Å². The van der Waals surface area contributed by atoms with E-state index >= 15 is 0 Å². The maximum Gasteiger partial charge on any atom is 0.178 e. The molecule has 0 aromatic carbocycles. The zero-order chi connectivity index (χ0) is 13.1. The summed E-state index contributed by atoms with van der Waals surface area (Å²) >= 11 is 0. The maximum absolute atomic E-state index is 4.32. The van der Waals surface area contributed by atoms with Crippen molar-refractivity contribution < 1.29 is 0 Å². The minimum Gasteiger partial charge on any atom is -0.376 e. The zero-order valence-electron chi connectivity index (χ0n) is 10.4. The Morgan fingerprint density at radius 3 is 2.95 bits per heavy atom. The number of aryl methyl sites for hydroxylation is 1. The molecule has 7 heteroatoms. The van der Waals surface area contributed by atoms with E-state index in [0.717, 1.165) is 17.2 Å². The van der Waals surface area contributed by atoms with Crippen LogP contribution in [-0.2, 0) is 13.6 Å². The van der Waals surface area contributed by atoms with E-state index in [2.05, 4.69) is 25.4 Å². The lowest BCUT2D eigenvalue weighted by atomic mass is 10.3. The Hall–Kier alpha value is -2.70. The summed E-state index contributed by atoms with van der Waals surface area (Å²) in [7, 11) is 1.96. The molecule has 0 amide bonds. The molecule has 3 heterocycles. The number of aromatic nitrogens is 6. The number of nitrogens with zero attached hydrogens (tertiary/aromatic N) is 6. The molecule has 19 heavy (non-hydrogen) atoms. The molecule has 1 N–H and O–H groups in total. The van der Waals surface area contributed by atoms with Gasteiger partial charge >= 0.3 is 0 Å². The molecule has 0 fully saturated rings. The molecule has 0 radical (unpaired) electrons. The topological polar surface area (TPSA) is 73.5 Å². The van der Waals surface area contributed by atoms with Crippen molar-refractivity contribution >= 4 is 5.69 Å². The molecule has 0 unspecified atom stereocenters. The van der Waals surface area contributed by atoms with Crippen molar-refractivity contribution in [3.8, 4) is 5.82 Å². The second-order valence-corrected chi connectivity index (χ2v) is 4.06. The van der Waals surface area contributed by atoms with E-state index in [0.29, 0.717) is 6.54 Å². The van der Waals surface area contributed by atoms with Crippen LogP contribution in [0, 0.1) is 0 Å². The van der Waals surface area contributed by atoms with Gasteiger partial charge in [-0.1, -0.05) is 0 Å². The molecule has 0 aliphatic rings. The summed E-state index contributed by atoms with van der Waals surface area (Å²) in [4.78, 5) is 12.3. The highest BCUT2D eigenvalue weighted by molar-refractivity contribution is 5.56. The average Bonchev–Trinajstić information content (AvgIpc) is 3.08. The van der Waals surface area contributed by atoms with E-state index in [9.17, 15) is 0 Å². The first kappa shape index (κ1) is 11.4. The standard InChI is InChI=1S/C12H13N7/c1-18-8-13-5-10(18)6-16-11-3-2-4-15-12(11)19-9-14-7-17-19/h2-5,7-9,16H,6H2,1H3. The predicted molar refractivity (Wildman–Crippen MR) is 69.7 cm³/mol. The molecule has 0 spiro atoms. The Labute approximate surface area is 110 Å². The van der Waals surface area contributed by atoms with Crippen molar-refractivity contribution in [2.45, 2.75) is 6.54 Å². The summed E-state index contributed by atoms with van der Waals surface area (Å²) in [5.74, 6) is 0.724. The third-order valence-corrected chi connectivity index (χ3v) is 2.80. The molecule has 0 aliphatic heterocycles. The molecule has 0 bridgehead atoms. The number of anilines is 1. The van der Waals surface area contributed by atoms with Gasteiger partial charge in [-0.25, -0.2) is 19.6 Å². The summed E-state index contributed by atoms with van der Waals surface area (Å²) in [6, 6.07) is 3.84. The zero-order valence-corrected chi connectivity index (χ0v) is 10.4. The van der Waals surface area contributed by atoms with E-state index in [1.54, 1.807) is 23.5 Å². The molecule has 3 aromatic heterocycles. The number of imidazole rings is 1. The Morgan fingerprint density at radius 2 is 2.21 bits per heavy atom. The number of hydrogen-bond donors (Lipinski definition) is 1. The van der Waals surface area contributed by atoms with Crippen LogP contribution >= 0.6 is 0 Å². The normalized spacial score (nSPS) is 10.6. The first-order valence-electron chi connectivity index (χ1n) is 5.83. The fourth-order valence-corrected chi connectivity index (χ4v) is 1.78. The quantitative estimate of drug-likeness (QED) is 0.753. The molecule has 0 atom stereocenters. The van der Waals surface area contributed by atoms with Gasteiger partial charge in [-0.15, -0.1) is 0 Å². The second-order valence-electron chi connectivity index (χ2n) is 4.06. The van der Waals surface area contributed by atoms with Crippen LogP contribution in [0.4, 0.5) is 5.69 Å². The number of nitrogens with one attached hydrogen (secondary N) is 1. The van der Waals surface area contributed by atoms with Crippen LogP contribution in [0.5, 0.6) is 0 Å². The fourth-order valence-electron chi connectivity index (χ4n) is 1.78. The molecule has 0 saturated carbocycles. The Balaban J connectivity index is 1.84. The molecule has 3 rings (SSSR count). The Bertz CT molecular complexity index is 656. The molecule has 7 nitrogen and oxygen atoms in total. The van der Waals surface area contributed by atoms with Gasteiger partial charge in [0, 0.05) is 19.4 Å². The molecule has 3 aromatic rings. The Morgan fingerprint density at radius 1 is 1.26 bits per heavy atom. The first-order chi connectivity index (χ1) is 9.34. The second kappa shape index (κ2) is 4.89. The van der Waals surface area contributed by atoms with E-state index in [1.165, 1.54) is 6.33 Å². The van der Waals surface area contributed by atoms with Crippen molar-refractivity contribution in [2.75, 3.05) is 5.32 Å². The summed E-state index contributed by atoms with van der Waals surface area (Å²) in [5.41, 5.74) is 1.99. The van der Waals surface area contributed by atoms with Crippen LogP contribution in [0.25, 0.3) is 5.82 Å². The number of hydrogen-bond acceptors (Lipinski definition) is 5. The van der Waals surface area contributed by atoms with Gasteiger partial charge in [0.2, 0.25) is 0 Å². The highest BCUT2D eigenvalue weighted by Gasteiger charge is 2.06. The van der Waals surface area contributed by atoms with E-state index in [1.807, 2.05) is 29.9 Å². The van der Waals surface area contributed by atoms with Gasteiger partial charge in [0.25, 0.3) is 0 Å². The van der Waals surface area contributed by atoms with Crippen molar-refractivity contribution in [3.63, 3.8) is 0 Å². The van der Waals surface area contributed by atoms with Gasteiger partial charge in [-0.2, -0.15) is 5.10 Å². The highest BCUT2D eigenvalue weighted by atomic mass is 15.3. The smallest absolute Gasteiger partial charge is 0.178 e. The lowest BCUT2D eigenvalue weighted by Gasteiger charge is -2.10. The van der Waals surface area contributed by atoms with Crippen LogP contribution in [-0.4, -0.2) is 29.3 Å². The van der Waals surface area contributed by atoms with Gasteiger partial charge in [0.05, 0.1) is 24.3 Å². The van der Waals surface area contributed by atoms with Gasteiger partial charge in [0.1, 0.15) is 12.7 Å². The lowest BCUT2D eigenvalue weighted by Crippen LogP contribution is -2.08. The number of rotatable bonds is 4. The van der Waals surface area contributed by atoms with Crippen molar-refractivity contribution in [1.82, 2.24) is 29.3 Å². The monoisotopic (exact) mass is 255 g/mol. The SMILES string of the molecule is Cn1cncc1CNc1cccnc1-n1cncn1. The van der Waals surface area contributed by atoms with Gasteiger partial charge in [-0.05, 0) is 12.1 Å². The first-order valence-corrected chi connectivity index (χ1v) is 5.83. The molecular formula is C12H13N7. The third kappa shape index (κ3) is 2.30. The fraction of sp³-hybridized carbons (Fsp3) is 0.167. The van der Waals surface area contributed by atoms with E-state index < -0.39 is 0 Å². The van der Waals surface area contributed by atoms with E-state index in [4.69, 9.17) is 0 Å². The van der Waals surface area contributed by atoms with Crippen molar-refractivity contribution in [3.05, 3.63) is 49.2 Å². The summed E-state index contributed by atoms with van der Waals surface area (Å²) in [5, 5.41) is 7.43. The van der Waals surface area contributed by atoms with Gasteiger partial charge in [0.15, 0.2) is 5.82 Å². The minimum atomic E-state index is 0.671. The van der Waals surface area contributed by atoms with Crippen LogP contribution in [0.3, 0.4) is 0 Å². The van der Waals surface area contributed by atoms with Crippen LogP contribution in [0.2, 0.25) is 0 Å². The summed E-state index contributed by atoms with van der Waals surface area (Å²) < 4.78 is 3.60. The van der Waals surface area contributed by atoms with Crippen LogP contribution in [0.1, 0.15) is 5.69 Å². The van der Waals surface area contributed by atoms with Crippen LogP contribution in [0.15, 0.2) is 43.5 Å². The Kier molecular flexibility index (Phi) is 2.93.